The van der Waals surface area contributed by atoms with Crippen LogP contribution < -0.4 is 0 Å². The molecule has 0 N–H and O–H groups in total. The summed E-state index contributed by atoms with van der Waals surface area (Å²) in [5.41, 5.74) is 1.86. The van der Waals surface area contributed by atoms with E-state index in [0.29, 0.717) is 42.0 Å². The fraction of sp³-hybridized carbons (Fsp3) is 0.781. The molecular weight excluding hydrogens is 505 g/mol. The number of carbonyl (C=O) groups is 1. The molecule has 0 amide bonds. The lowest BCUT2D eigenvalue weighted by atomic mass is 9.55. The number of rotatable bonds is 11. The molecule has 6 atom stereocenters. The number of carbonyl (C=O) groups excluding carboxylic acids is 1. The second-order valence-corrected chi connectivity index (χ2v) is 24.4. The zero-order valence-corrected chi connectivity index (χ0v) is 28.4. The molecule has 1 aromatic rings. The summed E-state index contributed by atoms with van der Waals surface area (Å²) in [4.78, 5) is 13.6. The monoisotopic (exact) mass is 560 g/mol. The van der Waals surface area contributed by atoms with Gasteiger partial charge in [0.05, 0.1) is 24.9 Å². The van der Waals surface area contributed by atoms with Crippen molar-refractivity contribution < 1.29 is 18.4 Å². The van der Waals surface area contributed by atoms with E-state index >= 15 is 0 Å². The van der Waals surface area contributed by atoms with Crippen molar-refractivity contribution >= 4 is 22.4 Å². The maximum Gasteiger partial charge on any atom is 0.200 e. The van der Waals surface area contributed by atoms with Gasteiger partial charge in [0.15, 0.2) is 8.32 Å². The number of hydrogen-bond donors (Lipinski definition) is 0. The average Bonchev–Trinajstić information content (AvgIpc) is 3.06. The number of ketones is 1. The topological polar surface area (TPSA) is 44.8 Å². The molecule has 2 saturated carbocycles. The Hall–Kier alpha value is -0.796. The highest BCUT2D eigenvalue weighted by atomic mass is 28.4. The third-order valence-electron chi connectivity index (χ3n) is 10.2. The molecule has 216 valence electrons. The van der Waals surface area contributed by atoms with E-state index in [0.717, 1.165) is 12.0 Å². The van der Waals surface area contributed by atoms with Gasteiger partial charge in [-0.1, -0.05) is 92.6 Å². The number of Topliss-reactive ketones (excluding diaryl/α,β-unsaturated/α-hetero) is 1. The quantitative estimate of drug-likeness (QED) is 0.254. The fourth-order valence-electron chi connectivity index (χ4n) is 8.24. The zero-order chi connectivity index (χ0) is 28.7. The van der Waals surface area contributed by atoms with Crippen molar-refractivity contribution in [3.63, 3.8) is 0 Å². The summed E-state index contributed by atoms with van der Waals surface area (Å²) in [5.74, 6) is 0.633. The summed E-state index contributed by atoms with van der Waals surface area (Å²) in [7, 11) is -4.08. The van der Waals surface area contributed by atoms with Crippen LogP contribution in [0.5, 0.6) is 0 Å². The molecule has 0 saturated heterocycles. The van der Waals surface area contributed by atoms with Crippen LogP contribution in [0.1, 0.15) is 80.7 Å². The summed E-state index contributed by atoms with van der Waals surface area (Å²) >= 11 is 0. The number of fused-ring (bicyclic) bond motifs is 1. The van der Waals surface area contributed by atoms with Gasteiger partial charge in [0.1, 0.15) is 5.78 Å². The van der Waals surface area contributed by atoms with E-state index in [1.54, 1.807) is 0 Å². The lowest BCUT2D eigenvalue weighted by Gasteiger charge is -2.58. The van der Waals surface area contributed by atoms with Gasteiger partial charge in [0, 0.05) is 24.2 Å². The number of benzene rings is 1. The molecule has 6 heteroatoms. The first-order valence-electron chi connectivity index (χ1n) is 15.0. The van der Waals surface area contributed by atoms with Gasteiger partial charge in [-0.2, -0.15) is 0 Å². The molecular formula is C32H56O4Si2. The van der Waals surface area contributed by atoms with E-state index in [2.05, 4.69) is 94.1 Å². The smallest absolute Gasteiger partial charge is 0.200 e. The Kier molecular flexibility index (Phi) is 9.68. The van der Waals surface area contributed by atoms with E-state index in [1.807, 2.05) is 18.2 Å². The SMILES string of the molecule is CC(C)[Si](O[C@@H]1C[C@]2(O[Si](C)(C)C)[C@@H](CC(=O)[C@H](C)[C@@]2(C)COCc2ccccc2)[C@@H]1C)(C(C)C)C(C)C. The van der Waals surface area contributed by atoms with E-state index in [-0.39, 0.29) is 23.9 Å². The molecule has 0 radical (unpaired) electrons. The molecule has 0 heterocycles. The summed E-state index contributed by atoms with van der Waals surface area (Å²) < 4.78 is 21.3. The Balaban J connectivity index is 2.05. The molecule has 0 aliphatic heterocycles. The first-order valence-corrected chi connectivity index (χ1v) is 20.6. The predicted octanol–water partition coefficient (Wildman–Crippen LogP) is 8.63. The van der Waals surface area contributed by atoms with Gasteiger partial charge in [-0.15, -0.1) is 0 Å². The molecule has 2 fully saturated rings. The Morgan fingerprint density at radius 2 is 1.50 bits per heavy atom. The molecule has 3 rings (SSSR count). The van der Waals surface area contributed by atoms with Crippen LogP contribution in [0.4, 0.5) is 0 Å². The molecule has 4 nitrogen and oxygen atoms in total. The first kappa shape index (κ1) is 31.7. The van der Waals surface area contributed by atoms with Gasteiger partial charge < -0.3 is 13.6 Å². The van der Waals surface area contributed by atoms with Crippen LogP contribution in [0.15, 0.2) is 30.3 Å². The minimum Gasteiger partial charge on any atom is -0.413 e. The maximum absolute atomic E-state index is 13.6. The Morgan fingerprint density at radius 3 is 2.00 bits per heavy atom. The van der Waals surface area contributed by atoms with Crippen LogP contribution in [0.3, 0.4) is 0 Å². The standard InChI is InChI=1S/C32H56O4Si2/c1-22(2)38(23(3)4,24(5)6)35-30-19-32(36-37(10,11)12)28(25(30)7)18-29(33)26(8)31(32,9)21-34-20-27-16-14-13-15-17-27/h13-17,22-26,28,30H,18-21H2,1-12H3/t25-,26-,28-,30+,31+,32-/m0/s1. The minimum absolute atomic E-state index is 0.0989. The van der Waals surface area contributed by atoms with Crippen LogP contribution in [-0.4, -0.2) is 40.7 Å². The number of ether oxygens (including phenoxy) is 1. The van der Waals surface area contributed by atoms with Gasteiger partial charge in [0.2, 0.25) is 8.32 Å². The van der Waals surface area contributed by atoms with Crippen molar-refractivity contribution in [2.75, 3.05) is 6.61 Å². The van der Waals surface area contributed by atoms with E-state index < -0.39 is 27.7 Å². The summed E-state index contributed by atoms with van der Waals surface area (Å²) in [6, 6.07) is 10.3. The lowest BCUT2D eigenvalue weighted by molar-refractivity contribution is -0.183. The average molecular weight is 561 g/mol. The maximum atomic E-state index is 13.6. The van der Waals surface area contributed by atoms with Crippen LogP contribution in [0, 0.1) is 23.2 Å². The Bertz CT molecular complexity index is 919. The van der Waals surface area contributed by atoms with Gasteiger partial charge in [0.25, 0.3) is 0 Å². The van der Waals surface area contributed by atoms with Crippen LogP contribution in [0.25, 0.3) is 0 Å². The minimum atomic E-state index is -2.10. The second-order valence-electron chi connectivity index (χ2n) is 14.5. The summed E-state index contributed by atoms with van der Waals surface area (Å²) in [5, 5.41) is 0. The highest BCUT2D eigenvalue weighted by molar-refractivity contribution is 6.77. The molecule has 0 unspecified atom stereocenters. The number of hydrogen-bond acceptors (Lipinski definition) is 4. The van der Waals surface area contributed by atoms with Crippen molar-refractivity contribution in [2.24, 2.45) is 23.2 Å². The van der Waals surface area contributed by atoms with E-state index in [4.69, 9.17) is 13.6 Å². The van der Waals surface area contributed by atoms with E-state index in [9.17, 15) is 4.79 Å². The molecule has 38 heavy (non-hydrogen) atoms. The van der Waals surface area contributed by atoms with Crippen molar-refractivity contribution in [1.82, 2.24) is 0 Å². The van der Waals surface area contributed by atoms with Gasteiger partial charge in [-0.05, 0) is 53.7 Å². The third kappa shape index (κ3) is 5.67. The normalized spacial score (nSPS) is 32.4. The van der Waals surface area contributed by atoms with Gasteiger partial charge >= 0.3 is 0 Å². The predicted molar refractivity (Wildman–Crippen MR) is 163 cm³/mol. The zero-order valence-electron chi connectivity index (χ0n) is 26.4. The van der Waals surface area contributed by atoms with E-state index in [1.165, 1.54) is 0 Å². The van der Waals surface area contributed by atoms with Crippen LogP contribution >= 0.6 is 0 Å². The Labute approximate surface area is 235 Å². The Morgan fingerprint density at radius 1 is 0.947 bits per heavy atom. The highest BCUT2D eigenvalue weighted by Gasteiger charge is 2.69. The molecule has 0 spiro atoms. The van der Waals surface area contributed by atoms with Crippen LogP contribution in [0.2, 0.25) is 36.3 Å². The molecule has 0 aromatic heterocycles. The molecule has 0 bridgehead atoms. The lowest BCUT2D eigenvalue weighted by Crippen LogP contribution is -2.65. The van der Waals surface area contributed by atoms with Crippen molar-refractivity contribution in [1.29, 1.82) is 0 Å². The van der Waals surface area contributed by atoms with Gasteiger partial charge in [-0.25, -0.2) is 0 Å². The summed E-state index contributed by atoms with van der Waals surface area (Å²) in [6.07, 6.45) is 1.54. The molecule has 1 aromatic carbocycles. The molecule has 2 aliphatic rings. The van der Waals surface area contributed by atoms with Crippen LogP contribution in [-0.2, 0) is 25.0 Å². The molecule has 2 aliphatic carbocycles. The van der Waals surface area contributed by atoms with Crippen molar-refractivity contribution in [2.45, 2.75) is 130 Å². The van der Waals surface area contributed by atoms with Crippen molar-refractivity contribution in [3.8, 4) is 0 Å². The largest absolute Gasteiger partial charge is 0.413 e. The highest BCUT2D eigenvalue weighted by Crippen LogP contribution is 2.62. The fourth-order valence-corrected chi connectivity index (χ4v) is 15.4. The summed E-state index contributed by atoms with van der Waals surface area (Å²) in [6.45, 7) is 28.8. The van der Waals surface area contributed by atoms with Gasteiger partial charge in [-0.3, -0.25) is 4.79 Å². The van der Waals surface area contributed by atoms with Crippen molar-refractivity contribution in [3.05, 3.63) is 35.9 Å². The second kappa shape index (κ2) is 11.6. The first-order chi connectivity index (χ1) is 17.5. The third-order valence-corrected chi connectivity index (χ3v) is 17.3.